The maximum Gasteiger partial charge on any atom is 0.408 e. The molecule has 1 aliphatic rings. The third-order valence-corrected chi connectivity index (χ3v) is 3.06. The minimum absolute atomic E-state index is 0.248. The van der Waals surface area contributed by atoms with Gasteiger partial charge in [-0.2, -0.15) is 0 Å². The van der Waals surface area contributed by atoms with Gasteiger partial charge in [0, 0.05) is 6.54 Å². The maximum atomic E-state index is 11.2. The second kappa shape index (κ2) is 4.25. The van der Waals surface area contributed by atoms with Gasteiger partial charge in [0.25, 0.3) is 0 Å². The summed E-state index contributed by atoms with van der Waals surface area (Å²) < 4.78 is 10.5. The van der Waals surface area contributed by atoms with E-state index in [4.69, 9.17) is 15.2 Å². The normalized spacial score (nSPS) is 23.1. The molecule has 1 heterocycles. The van der Waals surface area contributed by atoms with Crippen molar-refractivity contribution in [1.82, 2.24) is 5.32 Å². The highest BCUT2D eigenvalue weighted by molar-refractivity contribution is 5.71. The number of methoxy groups -OCH3 is 1. The number of alkyl carbamates (subject to hydrolysis) is 1. The van der Waals surface area contributed by atoms with Crippen molar-refractivity contribution in [3.63, 3.8) is 0 Å². The average molecular weight is 236 g/mol. The maximum absolute atomic E-state index is 11.2. The van der Waals surface area contributed by atoms with Crippen molar-refractivity contribution in [3.8, 4) is 5.75 Å². The van der Waals surface area contributed by atoms with Crippen LogP contribution in [0.3, 0.4) is 0 Å². The molecule has 0 aromatic heterocycles. The lowest BCUT2D eigenvalue weighted by Gasteiger charge is -2.25. The minimum atomic E-state index is -0.756. The predicted octanol–water partition coefficient (Wildman–Crippen LogP) is 0.897. The Kier molecular flexibility index (Phi) is 2.93. The number of nitrogens with one attached hydrogen (secondary N) is 1. The monoisotopic (exact) mass is 236 g/mol. The third-order valence-electron chi connectivity index (χ3n) is 3.06. The van der Waals surface area contributed by atoms with Crippen molar-refractivity contribution in [2.24, 2.45) is 5.73 Å². The van der Waals surface area contributed by atoms with E-state index in [2.05, 4.69) is 5.32 Å². The molecular weight excluding hydrogens is 220 g/mol. The first-order chi connectivity index (χ1) is 8.11. The topological polar surface area (TPSA) is 73.6 Å². The molecule has 0 spiro atoms. The zero-order valence-electron chi connectivity index (χ0n) is 9.95. The summed E-state index contributed by atoms with van der Waals surface area (Å²) in [5.41, 5.74) is 6.85. The number of carbonyl (C=O) groups is 1. The number of amides is 1. The van der Waals surface area contributed by atoms with Gasteiger partial charge in [-0.15, -0.1) is 0 Å². The molecule has 1 fully saturated rings. The Morgan fingerprint density at radius 1 is 1.59 bits per heavy atom. The second-order valence-electron chi connectivity index (χ2n) is 4.13. The molecule has 1 aromatic rings. The van der Waals surface area contributed by atoms with Gasteiger partial charge in [0.1, 0.15) is 5.75 Å². The highest BCUT2D eigenvalue weighted by Gasteiger charge is 2.41. The van der Waals surface area contributed by atoms with Gasteiger partial charge in [-0.1, -0.05) is 6.07 Å². The van der Waals surface area contributed by atoms with Crippen LogP contribution in [0.5, 0.6) is 5.75 Å². The molecule has 1 unspecified atom stereocenters. The van der Waals surface area contributed by atoms with Gasteiger partial charge >= 0.3 is 6.09 Å². The van der Waals surface area contributed by atoms with Crippen molar-refractivity contribution in [2.75, 3.05) is 20.2 Å². The van der Waals surface area contributed by atoms with E-state index in [1.165, 1.54) is 0 Å². The lowest BCUT2D eigenvalue weighted by atomic mass is 9.92. The summed E-state index contributed by atoms with van der Waals surface area (Å²) >= 11 is 0. The van der Waals surface area contributed by atoms with Crippen LogP contribution in [0.4, 0.5) is 4.79 Å². The van der Waals surface area contributed by atoms with Crippen LogP contribution in [0, 0.1) is 6.92 Å². The van der Waals surface area contributed by atoms with Crippen molar-refractivity contribution in [1.29, 1.82) is 0 Å². The fourth-order valence-corrected chi connectivity index (χ4v) is 2.02. The summed E-state index contributed by atoms with van der Waals surface area (Å²) in [5, 5.41) is 2.64. The molecule has 1 aliphatic heterocycles. The van der Waals surface area contributed by atoms with Gasteiger partial charge in [0.05, 0.1) is 13.7 Å². The van der Waals surface area contributed by atoms with E-state index in [1.54, 1.807) is 7.11 Å². The van der Waals surface area contributed by atoms with Crippen LogP contribution in [0.15, 0.2) is 18.2 Å². The molecule has 1 amide bonds. The summed E-state index contributed by atoms with van der Waals surface area (Å²) in [4.78, 5) is 11.2. The van der Waals surface area contributed by atoms with E-state index in [0.717, 1.165) is 16.9 Å². The highest BCUT2D eigenvalue weighted by atomic mass is 16.6. The molecule has 0 radical (unpaired) electrons. The lowest BCUT2D eigenvalue weighted by molar-refractivity contribution is 0.0616. The van der Waals surface area contributed by atoms with E-state index in [1.807, 2.05) is 25.1 Å². The van der Waals surface area contributed by atoms with Crippen LogP contribution in [0.1, 0.15) is 11.1 Å². The first-order valence-corrected chi connectivity index (χ1v) is 5.43. The molecule has 0 saturated carbocycles. The van der Waals surface area contributed by atoms with E-state index in [0.29, 0.717) is 6.54 Å². The molecule has 5 heteroatoms. The molecule has 0 aliphatic carbocycles. The Labute approximate surface area is 99.9 Å². The molecule has 5 nitrogen and oxygen atoms in total. The number of ether oxygens (including phenoxy) is 2. The largest absolute Gasteiger partial charge is 0.496 e. The fourth-order valence-electron chi connectivity index (χ4n) is 2.02. The van der Waals surface area contributed by atoms with Gasteiger partial charge < -0.3 is 20.5 Å². The van der Waals surface area contributed by atoms with Crippen LogP contribution in [-0.2, 0) is 10.3 Å². The molecule has 0 bridgehead atoms. The summed E-state index contributed by atoms with van der Waals surface area (Å²) in [6.07, 6.45) is -0.427. The van der Waals surface area contributed by atoms with Crippen molar-refractivity contribution < 1.29 is 14.3 Å². The van der Waals surface area contributed by atoms with Crippen LogP contribution in [0.25, 0.3) is 0 Å². The number of aryl methyl sites for hydroxylation is 1. The zero-order chi connectivity index (χ0) is 12.5. The van der Waals surface area contributed by atoms with Crippen LogP contribution >= 0.6 is 0 Å². The van der Waals surface area contributed by atoms with Gasteiger partial charge in [-0.05, 0) is 30.2 Å². The van der Waals surface area contributed by atoms with E-state index in [-0.39, 0.29) is 6.54 Å². The molecule has 3 N–H and O–H groups in total. The van der Waals surface area contributed by atoms with Crippen molar-refractivity contribution >= 4 is 6.09 Å². The lowest BCUT2D eigenvalue weighted by Crippen LogP contribution is -2.38. The fraction of sp³-hybridized carbons (Fsp3) is 0.417. The molecular formula is C12H16N2O3. The van der Waals surface area contributed by atoms with Gasteiger partial charge in [0.15, 0.2) is 5.60 Å². The highest BCUT2D eigenvalue weighted by Crippen LogP contribution is 2.31. The number of hydrogen-bond acceptors (Lipinski definition) is 4. The summed E-state index contributed by atoms with van der Waals surface area (Å²) in [6.45, 7) is 2.59. The molecule has 1 saturated heterocycles. The van der Waals surface area contributed by atoms with Gasteiger partial charge in [0.2, 0.25) is 0 Å². The smallest absolute Gasteiger partial charge is 0.408 e. The number of rotatable bonds is 3. The molecule has 1 aromatic carbocycles. The Bertz CT molecular complexity index is 447. The summed E-state index contributed by atoms with van der Waals surface area (Å²) in [6, 6.07) is 5.67. The Morgan fingerprint density at radius 3 is 2.82 bits per heavy atom. The quantitative estimate of drug-likeness (QED) is 0.817. The number of benzene rings is 1. The van der Waals surface area contributed by atoms with Gasteiger partial charge in [-0.25, -0.2) is 4.79 Å². The zero-order valence-corrected chi connectivity index (χ0v) is 9.95. The predicted molar refractivity (Wildman–Crippen MR) is 62.9 cm³/mol. The van der Waals surface area contributed by atoms with Crippen molar-refractivity contribution in [3.05, 3.63) is 29.3 Å². The number of hydrogen-bond donors (Lipinski definition) is 2. The Morgan fingerprint density at radius 2 is 2.35 bits per heavy atom. The first-order valence-electron chi connectivity index (χ1n) is 5.43. The Balaban J connectivity index is 2.38. The third kappa shape index (κ3) is 1.93. The van der Waals surface area contributed by atoms with E-state index >= 15 is 0 Å². The van der Waals surface area contributed by atoms with Crippen LogP contribution < -0.4 is 15.8 Å². The number of cyclic esters (lactones) is 1. The second-order valence-corrected chi connectivity index (χ2v) is 4.13. The minimum Gasteiger partial charge on any atom is -0.496 e. The first kappa shape index (κ1) is 11.7. The van der Waals surface area contributed by atoms with E-state index in [9.17, 15) is 4.79 Å². The SMILES string of the molecule is COc1ccc(C2(CN)CNC(=O)O2)cc1C. The summed E-state index contributed by atoms with van der Waals surface area (Å²) in [5.74, 6) is 0.804. The molecule has 17 heavy (non-hydrogen) atoms. The van der Waals surface area contributed by atoms with Crippen LogP contribution in [0.2, 0.25) is 0 Å². The Hall–Kier alpha value is -1.75. The standard InChI is InChI=1S/C12H16N2O3/c1-8-5-9(3-4-10(8)16-2)12(6-13)7-14-11(15)17-12/h3-5H,6-7,13H2,1-2H3,(H,14,15). The summed E-state index contributed by atoms with van der Waals surface area (Å²) in [7, 11) is 1.62. The van der Waals surface area contributed by atoms with Crippen molar-refractivity contribution in [2.45, 2.75) is 12.5 Å². The van der Waals surface area contributed by atoms with Gasteiger partial charge in [-0.3, -0.25) is 0 Å². The molecule has 1 atom stereocenters. The average Bonchev–Trinajstić information content (AvgIpc) is 2.72. The van der Waals surface area contributed by atoms with E-state index < -0.39 is 11.7 Å². The van der Waals surface area contributed by atoms with Crippen LogP contribution in [-0.4, -0.2) is 26.3 Å². The number of carbonyl (C=O) groups excluding carboxylic acids is 1. The molecule has 92 valence electrons. The number of nitrogens with two attached hydrogens (primary N) is 1. The molecule has 2 rings (SSSR count).